The van der Waals surface area contributed by atoms with E-state index in [0.717, 1.165) is 16.6 Å². The topological polar surface area (TPSA) is 121 Å². The highest BCUT2D eigenvalue weighted by Gasteiger charge is 2.03. The fourth-order valence-corrected chi connectivity index (χ4v) is 2.54. The first kappa shape index (κ1) is 18.0. The van der Waals surface area contributed by atoms with Gasteiger partial charge in [0.15, 0.2) is 0 Å². The lowest BCUT2D eigenvalue weighted by Crippen LogP contribution is -2.14. The van der Waals surface area contributed by atoms with Crippen molar-refractivity contribution in [2.24, 2.45) is 0 Å². The highest BCUT2D eigenvalue weighted by molar-refractivity contribution is 6.31. The Morgan fingerprint density at radius 3 is 2.77 bits per heavy atom. The van der Waals surface area contributed by atoms with Crippen LogP contribution < -0.4 is 21.5 Å². The molecule has 0 radical (unpaired) electrons. The monoisotopic (exact) mass is 374 g/mol. The van der Waals surface area contributed by atoms with Crippen molar-refractivity contribution >= 4 is 40.0 Å². The number of anilines is 3. The largest absolute Gasteiger partial charge is 0.475 e. The van der Waals surface area contributed by atoms with Gasteiger partial charge in [-0.05, 0) is 24.3 Å². The summed E-state index contributed by atoms with van der Waals surface area (Å²) in [6.45, 7) is 1.93. The summed E-state index contributed by atoms with van der Waals surface area (Å²) in [5, 5.41) is 5.01. The first-order valence-corrected chi connectivity index (χ1v) is 8.38. The average Bonchev–Trinajstić information content (AvgIpc) is 2.60. The number of nitrogens with two attached hydrogens (primary N) is 2. The summed E-state index contributed by atoms with van der Waals surface area (Å²) in [5.41, 5.74) is 12.9. The van der Waals surface area contributed by atoms with Crippen molar-refractivity contribution in [2.75, 3.05) is 43.1 Å². The Balaban J connectivity index is 1.39. The molecule has 0 aliphatic heterocycles. The van der Waals surface area contributed by atoms with Crippen LogP contribution in [0.15, 0.2) is 36.5 Å². The van der Waals surface area contributed by atoms with Crippen LogP contribution in [-0.2, 0) is 4.74 Å². The Hall–Kier alpha value is -2.84. The summed E-state index contributed by atoms with van der Waals surface area (Å²) in [6.07, 6.45) is 1.74. The van der Waals surface area contributed by atoms with Crippen molar-refractivity contribution in [3.05, 3.63) is 41.6 Å². The van der Waals surface area contributed by atoms with Crippen LogP contribution >= 0.6 is 11.6 Å². The molecule has 26 heavy (non-hydrogen) atoms. The number of fused-ring (bicyclic) bond motifs is 1. The molecule has 0 unspecified atom stereocenters. The van der Waals surface area contributed by atoms with Gasteiger partial charge in [0.2, 0.25) is 11.8 Å². The number of hydrogen-bond acceptors (Lipinski definition) is 8. The number of rotatable bonds is 8. The van der Waals surface area contributed by atoms with E-state index >= 15 is 0 Å². The zero-order valence-electron chi connectivity index (χ0n) is 14.0. The fourth-order valence-electron chi connectivity index (χ4n) is 2.38. The van der Waals surface area contributed by atoms with Crippen LogP contribution in [0.1, 0.15) is 0 Å². The fraction of sp³-hybridized carbons (Fsp3) is 0.235. The molecule has 0 amide bonds. The van der Waals surface area contributed by atoms with Gasteiger partial charge in [0.1, 0.15) is 12.4 Å². The second-order valence-electron chi connectivity index (χ2n) is 5.40. The van der Waals surface area contributed by atoms with Crippen molar-refractivity contribution in [2.45, 2.75) is 0 Å². The second-order valence-corrected chi connectivity index (χ2v) is 5.83. The normalized spacial score (nSPS) is 10.8. The summed E-state index contributed by atoms with van der Waals surface area (Å²) >= 11 is 5.99. The number of nitrogens with one attached hydrogen (secondary N) is 1. The van der Waals surface area contributed by atoms with E-state index in [-0.39, 0.29) is 11.8 Å². The minimum absolute atomic E-state index is 0.0796. The van der Waals surface area contributed by atoms with E-state index in [0.29, 0.717) is 37.3 Å². The molecule has 0 aliphatic carbocycles. The molecule has 2 aromatic heterocycles. The average molecular weight is 375 g/mol. The summed E-state index contributed by atoms with van der Waals surface area (Å²) in [5.74, 6) is 0.679. The number of pyridine rings is 1. The third kappa shape index (κ3) is 4.84. The molecule has 0 fully saturated rings. The summed E-state index contributed by atoms with van der Waals surface area (Å²) in [7, 11) is 0. The van der Waals surface area contributed by atoms with E-state index in [1.54, 1.807) is 6.20 Å². The van der Waals surface area contributed by atoms with Crippen LogP contribution in [0.3, 0.4) is 0 Å². The smallest absolute Gasteiger partial charge is 0.225 e. The van der Waals surface area contributed by atoms with Crippen LogP contribution in [0, 0.1) is 0 Å². The molecule has 9 heteroatoms. The SMILES string of the molecule is Nc1cc(OCCOCCNc2ccnc3cc(Cl)ccc23)nc(N)n1. The lowest BCUT2D eigenvalue weighted by molar-refractivity contribution is 0.106. The van der Waals surface area contributed by atoms with Gasteiger partial charge in [-0.15, -0.1) is 0 Å². The molecule has 8 nitrogen and oxygen atoms in total. The highest BCUT2D eigenvalue weighted by Crippen LogP contribution is 2.24. The molecule has 0 spiro atoms. The summed E-state index contributed by atoms with van der Waals surface area (Å²) < 4.78 is 11.0. The standard InChI is InChI=1S/C17H19ClN6O2/c18-11-1-2-12-13(3-4-21-14(12)9-11)22-5-6-25-7-8-26-16-10-15(19)23-17(20)24-16/h1-4,9-10H,5-8H2,(H,21,22)(H4,19,20,23,24). The number of nitrogen functional groups attached to an aromatic ring is 2. The number of nitrogens with zero attached hydrogens (tertiary/aromatic N) is 3. The zero-order valence-corrected chi connectivity index (χ0v) is 14.7. The molecule has 3 rings (SSSR count). The molecule has 0 bridgehead atoms. The predicted octanol–water partition coefficient (Wildman–Crippen LogP) is 2.35. The molecule has 0 atom stereocenters. The molecule has 2 heterocycles. The Labute approximate surface area is 155 Å². The van der Waals surface area contributed by atoms with Crippen molar-refractivity contribution < 1.29 is 9.47 Å². The Morgan fingerprint density at radius 2 is 1.92 bits per heavy atom. The van der Waals surface area contributed by atoms with E-state index in [1.165, 1.54) is 6.07 Å². The van der Waals surface area contributed by atoms with Crippen molar-refractivity contribution in [3.63, 3.8) is 0 Å². The van der Waals surface area contributed by atoms with E-state index in [1.807, 2.05) is 24.3 Å². The van der Waals surface area contributed by atoms with Gasteiger partial charge in [-0.2, -0.15) is 9.97 Å². The van der Waals surface area contributed by atoms with Gasteiger partial charge in [-0.25, -0.2) is 0 Å². The first-order valence-electron chi connectivity index (χ1n) is 8.00. The van der Waals surface area contributed by atoms with E-state index in [4.69, 9.17) is 32.5 Å². The number of ether oxygens (including phenoxy) is 2. The Kier molecular flexibility index (Phi) is 5.88. The molecule has 0 aliphatic rings. The van der Waals surface area contributed by atoms with Crippen LogP contribution in [0.2, 0.25) is 5.02 Å². The van der Waals surface area contributed by atoms with Gasteiger partial charge < -0.3 is 26.3 Å². The van der Waals surface area contributed by atoms with Crippen molar-refractivity contribution in [1.29, 1.82) is 0 Å². The van der Waals surface area contributed by atoms with Crippen LogP contribution in [0.4, 0.5) is 17.5 Å². The third-order valence-electron chi connectivity index (χ3n) is 3.48. The van der Waals surface area contributed by atoms with Gasteiger partial charge in [-0.1, -0.05) is 11.6 Å². The maximum Gasteiger partial charge on any atom is 0.225 e. The number of benzene rings is 1. The molecular formula is C17H19ClN6O2. The number of hydrogen-bond donors (Lipinski definition) is 3. The molecule has 3 aromatic rings. The van der Waals surface area contributed by atoms with E-state index in [2.05, 4.69) is 20.3 Å². The minimum Gasteiger partial charge on any atom is -0.475 e. The molecular weight excluding hydrogens is 356 g/mol. The molecule has 0 saturated carbocycles. The van der Waals surface area contributed by atoms with Gasteiger partial charge in [-0.3, -0.25) is 4.98 Å². The van der Waals surface area contributed by atoms with Crippen LogP contribution in [-0.4, -0.2) is 41.3 Å². The van der Waals surface area contributed by atoms with Gasteiger partial charge >= 0.3 is 0 Å². The zero-order chi connectivity index (χ0) is 18.4. The molecule has 136 valence electrons. The summed E-state index contributed by atoms with van der Waals surface area (Å²) in [6, 6.07) is 9.06. The summed E-state index contributed by atoms with van der Waals surface area (Å²) in [4.78, 5) is 12.0. The van der Waals surface area contributed by atoms with E-state index in [9.17, 15) is 0 Å². The Morgan fingerprint density at radius 1 is 1.04 bits per heavy atom. The highest BCUT2D eigenvalue weighted by atomic mass is 35.5. The molecule has 1 aromatic carbocycles. The van der Waals surface area contributed by atoms with Gasteiger partial charge in [0.05, 0.1) is 18.7 Å². The van der Waals surface area contributed by atoms with Crippen molar-refractivity contribution in [1.82, 2.24) is 15.0 Å². The quantitative estimate of drug-likeness (QED) is 0.514. The van der Waals surface area contributed by atoms with Gasteiger partial charge in [0, 0.05) is 34.9 Å². The maximum absolute atomic E-state index is 5.99. The van der Waals surface area contributed by atoms with Crippen LogP contribution in [0.25, 0.3) is 10.9 Å². The van der Waals surface area contributed by atoms with Gasteiger partial charge in [0.25, 0.3) is 0 Å². The predicted molar refractivity (Wildman–Crippen MR) is 102 cm³/mol. The minimum atomic E-state index is 0.0796. The molecule has 0 saturated heterocycles. The number of aromatic nitrogens is 3. The van der Waals surface area contributed by atoms with Crippen molar-refractivity contribution in [3.8, 4) is 5.88 Å². The Bertz CT molecular complexity index is 872. The van der Waals surface area contributed by atoms with Crippen LogP contribution in [0.5, 0.6) is 5.88 Å². The number of halogens is 1. The maximum atomic E-state index is 5.99. The molecule has 5 N–H and O–H groups in total. The lowest BCUT2D eigenvalue weighted by atomic mass is 10.2. The lowest BCUT2D eigenvalue weighted by Gasteiger charge is -2.10. The third-order valence-corrected chi connectivity index (χ3v) is 3.72. The first-order chi connectivity index (χ1) is 12.6. The second kappa shape index (κ2) is 8.50. The van der Waals surface area contributed by atoms with E-state index < -0.39 is 0 Å².